The molecule has 0 aliphatic carbocycles. The van der Waals surface area contributed by atoms with Crippen molar-refractivity contribution in [3.8, 4) is 0 Å². The normalized spacial score (nSPS) is 29.2. The predicted molar refractivity (Wildman–Crippen MR) is 87.3 cm³/mol. The molecule has 1 aromatic rings. The van der Waals surface area contributed by atoms with E-state index in [1.165, 1.54) is 0 Å². The summed E-state index contributed by atoms with van der Waals surface area (Å²) in [6, 6.07) is 10.0. The maximum absolute atomic E-state index is 12.5. The number of benzene rings is 1. The Labute approximate surface area is 141 Å². The summed E-state index contributed by atoms with van der Waals surface area (Å²) in [6.45, 7) is 1.46. The Hall–Kier alpha value is -1.88. The number of hydrogen-bond acceptors (Lipinski definition) is 4. The molecule has 5 heteroatoms. The lowest BCUT2D eigenvalue weighted by Crippen LogP contribution is -2.50. The molecule has 1 amide bonds. The fourth-order valence-corrected chi connectivity index (χ4v) is 4.23. The second-order valence-corrected chi connectivity index (χ2v) is 7.14. The average Bonchev–Trinajstić information content (AvgIpc) is 2.82. The first kappa shape index (κ1) is 15.6. The number of nitrogens with zero attached hydrogens (tertiary/aromatic N) is 1. The van der Waals surface area contributed by atoms with Crippen LogP contribution in [0.15, 0.2) is 30.3 Å². The molecule has 3 heterocycles. The van der Waals surface area contributed by atoms with E-state index >= 15 is 0 Å². The van der Waals surface area contributed by atoms with Crippen molar-refractivity contribution in [2.24, 2.45) is 11.8 Å². The van der Waals surface area contributed by atoms with Crippen molar-refractivity contribution in [3.63, 3.8) is 0 Å². The van der Waals surface area contributed by atoms with Crippen molar-refractivity contribution in [2.75, 3.05) is 13.2 Å². The average molecular weight is 329 g/mol. The van der Waals surface area contributed by atoms with Crippen molar-refractivity contribution in [1.29, 1.82) is 0 Å². The number of hydrogen-bond donors (Lipinski definition) is 0. The van der Waals surface area contributed by atoms with Crippen molar-refractivity contribution in [1.82, 2.24) is 4.90 Å². The smallest absolute Gasteiger partial charge is 0.410 e. The summed E-state index contributed by atoms with van der Waals surface area (Å²) < 4.78 is 10.7. The van der Waals surface area contributed by atoms with Gasteiger partial charge < -0.3 is 14.4 Å². The lowest BCUT2D eigenvalue weighted by molar-refractivity contribution is -0.143. The van der Waals surface area contributed by atoms with Crippen LogP contribution in [0.25, 0.3) is 0 Å². The quantitative estimate of drug-likeness (QED) is 0.852. The van der Waals surface area contributed by atoms with Crippen LogP contribution in [0.3, 0.4) is 0 Å². The van der Waals surface area contributed by atoms with Crippen LogP contribution in [0.2, 0.25) is 0 Å². The maximum atomic E-state index is 12.5. The van der Waals surface area contributed by atoms with Crippen LogP contribution >= 0.6 is 0 Å². The first-order chi connectivity index (χ1) is 11.7. The molecule has 2 bridgehead atoms. The topological polar surface area (TPSA) is 55.8 Å². The van der Waals surface area contributed by atoms with E-state index in [1.54, 1.807) is 0 Å². The molecule has 3 aliphatic heterocycles. The van der Waals surface area contributed by atoms with Gasteiger partial charge in [0.05, 0.1) is 19.1 Å². The first-order valence-electron chi connectivity index (χ1n) is 8.83. The monoisotopic (exact) mass is 329 g/mol. The SMILES string of the molecule is O=C(C1COC1)C1CC2CCC(C1)N2C(=O)OCc1ccccc1. The van der Waals surface area contributed by atoms with Gasteiger partial charge in [0.15, 0.2) is 0 Å². The van der Waals surface area contributed by atoms with Crippen LogP contribution in [0, 0.1) is 11.8 Å². The van der Waals surface area contributed by atoms with Crippen LogP contribution in [0.4, 0.5) is 4.79 Å². The predicted octanol–water partition coefficient (Wildman–Crippen LogP) is 2.78. The highest BCUT2D eigenvalue weighted by Crippen LogP contribution is 2.40. The van der Waals surface area contributed by atoms with Gasteiger partial charge in [-0.05, 0) is 31.2 Å². The van der Waals surface area contributed by atoms with Gasteiger partial charge in [-0.15, -0.1) is 0 Å². The third-order valence-electron chi connectivity index (χ3n) is 5.59. The Morgan fingerprint density at radius 3 is 2.29 bits per heavy atom. The fourth-order valence-electron chi connectivity index (χ4n) is 4.23. The molecule has 3 aliphatic rings. The van der Waals surface area contributed by atoms with Crippen LogP contribution in [0.5, 0.6) is 0 Å². The van der Waals surface area contributed by atoms with E-state index < -0.39 is 0 Å². The number of rotatable bonds is 4. The first-order valence-corrected chi connectivity index (χ1v) is 8.83. The third kappa shape index (κ3) is 2.93. The van der Waals surface area contributed by atoms with Crippen LogP contribution in [0.1, 0.15) is 31.2 Å². The summed E-state index contributed by atoms with van der Waals surface area (Å²) in [5.41, 5.74) is 0.994. The van der Waals surface area contributed by atoms with Crippen LogP contribution in [-0.4, -0.2) is 42.1 Å². The summed E-state index contributed by atoms with van der Waals surface area (Å²) in [5, 5.41) is 0. The molecule has 0 radical (unpaired) electrons. The molecular formula is C19H23NO4. The van der Waals surface area contributed by atoms with Gasteiger partial charge in [0, 0.05) is 18.0 Å². The van der Waals surface area contributed by atoms with Gasteiger partial charge in [0.25, 0.3) is 0 Å². The molecule has 24 heavy (non-hydrogen) atoms. The Morgan fingerprint density at radius 2 is 1.71 bits per heavy atom. The number of ether oxygens (including phenoxy) is 2. The van der Waals surface area contributed by atoms with E-state index in [-0.39, 0.29) is 30.0 Å². The minimum Gasteiger partial charge on any atom is -0.445 e. The van der Waals surface area contributed by atoms with Crippen molar-refractivity contribution >= 4 is 11.9 Å². The minimum absolute atomic E-state index is 0.0889. The molecule has 5 nitrogen and oxygen atoms in total. The van der Waals surface area contributed by atoms with E-state index in [1.807, 2.05) is 35.2 Å². The Bertz CT molecular complexity index is 599. The number of carbonyl (C=O) groups is 2. The van der Waals surface area contributed by atoms with Crippen molar-refractivity contribution in [2.45, 2.75) is 44.4 Å². The molecule has 128 valence electrons. The van der Waals surface area contributed by atoms with E-state index in [0.717, 1.165) is 31.2 Å². The van der Waals surface area contributed by atoms with Gasteiger partial charge in [-0.3, -0.25) is 4.79 Å². The van der Waals surface area contributed by atoms with Gasteiger partial charge in [-0.2, -0.15) is 0 Å². The number of piperidine rings is 1. The van der Waals surface area contributed by atoms with Crippen molar-refractivity contribution in [3.05, 3.63) is 35.9 Å². The Balaban J connectivity index is 1.35. The molecule has 0 aromatic heterocycles. The molecule has 3 fully saturated rings. The zero-order valence-corrected chi connectivity index (χ0v) is 13.7. The van der Waals surface area contributed by atoms with Gasteiger partial charge in [-0.25, -0.2) is 4.79 Å². The van der Waals surface area contributed by atoms with Crippen LogP contribution < -0.4 is 0 Å². The molecule has 2 unspecified atom stereocenters. The van der Waals surface area contributed by atoms with E-state index in [4.69, 9.17) is 9.47 Å². The van der Waals surface area contributed by atoms with Gasteiger partial charge in [0.1, 0.15) is 12.4 Å². The van der Waals surface area contributed by atoms with Gasteiger partial charge in [-0.1, -0.05) is 30.3 Å². The van der Waals surface area contributed by atoms with E-state index in [2.05, 4.69) is 0 Å². The number of Topliss-reactive ketones (excluding diaryl/α,β-unsaturated/α-hetero) is 1. The molecule has 0 saturated carbocycles. The number of carbonyl (C=O) groups excluding carboxylic acids is 2. The number of ketones is 1. The zero-order valence-electron chi connectivity index (χ0n) is 13.7. The standard InChI is InChI=1S/C19H23NO4/c21-18(15-11-23-12-15)14-8-16-6-7-17(9-14)20(16)19(22)24-10-13-4-2-1-3-5-13/h1-5,14-17H,6-12H2. The highest BCUT2D eigenvalue weighted by atomic mass is 16.6. The molecule has 3 saturated heterocycles. The van der Waals surface area contributed by atoms with E-state index in [9.17, 15) is 9.59 Å². The molecule has 0 spiro atoms. The van der Waals surface area contributed by atoms with Crippen molar-refractivity contribution < 1.29 is 19.1 Å². The Kier molecular flexibility index (Phi) is 4.27. The summed E-state index contributed by atoms with van der Waals surface area (Å²) in [4.78, 5) is 26.9. The zero-order chi connectivity index (χ0) is 16.5. The highest BCUT2D eigenvalue weighted by molar-refractivity contribution is 5.85. The number of fused-ring (bicyclic) bond motifs is 2. The lowest BCUT2D eigenvalue weighted by Gasteiger charge is -2.39. The second kappa shape index (κ2) is 6.55. The number of amides is 1. The molecule has 4 rings (SSSR count). The molecular weight excluding hydrogens is 306 g/mol. The van der Waals surface area contributed by atoms with Gasteiger partial charge >= 0.3 is 6.09 Å². The van der Waals surface area contributed by atoms with Gasteiger partial charge in [0.2, 0.25) is 0 Å². The van der Waals surface area contributed by atoms with Crippen LogP contribution in [-0.2, 0) is 20.9 Å². The Morgan fingerprint density at radius 1 is 1.04 bits per heavy atom. The second-order valence-electron chi connectivity index (χ2n) is 7.14. The minimum atomic E-state index is -0.232. The largest absolute Gasteiger partial charge is 0.445 e. The summed E-state index contributed by atoms with van der Waals surface area (Å²) >= 11 is 0. The molecule has 0 N–H and O–H groups in total. The summed E-state index contributed by atoms with van der Waals surface area (Å²) in [7, 11) is 0. The molecule has 1 aromatic carbocycles. The fraction of sp³-hybridized carbons (Fsp3) is 0.579. The maximum Gasteiger partial charge on any atom is 0.410 e. The summed E-state index contributed by atoms with van der Waals surface area (Å²) in [5.74, 6) is 0.524. The summed E-state index contributed by atoms with van der Waals surface area (Å²) in [6.07, 6.45) is 3.30. The highest BCUT2D eigenvalue weighted by Gasteiger charge is 2.47. The third-order valence-corrected chi connectivity index (χ3v) is 5.59. The molecule has 2 atom stereocenters. The van der Waals surface area contributed by atoms with E-state index in [0.29, 0.717) is 25.6 Å². The lowest BCUT2D eigenvalue weighted by atomic mass is 9.82.